The zero-order chi connectivity index (χ0) is 15.3. The average molecular weight is 286 g/mol. The lowest BCUT2D eigenvalue weighted by atomic mass is 10.2. The van der Waals surface area contributed by atoms with Crippen molar-refractivity contribution in [1.29, 1.82) is 0 Å². The third-order valence-electron chi connectivity index (χ3n) is 2.82. The molecule has 1 aliphatic rings. The number of hydrogen-bond donors (Lipinski definition) is 0. The first-order valence-corrected chi connectivity index (χ1v) is 6.74. The van der Waals surface area contributed by atoms with E-state index in [0.29, 0.717) is 18.6 Å². The van der Waals surface area contributed by atoms with Crippen molar-refractivity contribution >= 4 is 5.97 Å². The Morgan fingerprint density at radius 2 is 1.90 bits per heavy atom. The number of rotatable bonds is 3. The van der Waals surface area contributed by atoms with Crippen LogP contribution in [0.3, 0.4) is 0 Å². The molecule has 110 valence electrons. The zero-order valence-corrected chi connectivity index (χ0v) is 12.4. The Labute approximate surface area is 124 Å². The first kappa shape index (κ1) is 15.0. The van der Waals surface area contributed by atoms with Gasteiger partial charge in [0.25, 0.3) is 0 Å². The topological polar surface area (TPSA) is 44.8 Å². The summed E-state index contributed by atoms with van der Waals surface area (Å²) in [5.41, 5.74) is 0.925. The summed E-state index contributed by atoms with van der Waals surface area (Å²) in [7, 11) is 1.63. The van der Waals surface area contributed by atoms with Crippen LogP contribution in [-0.2, 0) is 14.3 Å². The molecule has 2 rings (SSSR count). The van der Waals surface area contributed by atoms with Gasteiger partial charge < -0.3 is 14.2 Å². The Morgan fingerprint density at radius 1 is 1.19 bits per heavy atom. The van der Waals surface area contributed by atoms with E-state index in [-0.39, 0.29) is 5.97 Å². The molecule has 4 heteroatoms. The minimum atomic E-state index is -0.898. The van der Waals surface area contributed by atoms with E-state index in [4.69, 9.17) is 14.2 Å². The number of benzene rings is 1. The van der Waals surface area contributed by atoms with Gasteiger partial charge in [-0.1, -0.05) is 11.8 Å². The number of carbonyl (C=O) groups excluding carboxylic acids is 1. The van der Waals surface area contributed by atoms with Gasteiger partial charge in [-0.2, -0.15) is 0 Å². The fourth-order valence-corrected chi connectivity index (χ4v) is 1.92. The van der Waals surface area contributed by atoms with Gasteiger partial charge in [-0.15, -0.1) is 0 Å². The standard InChI is InChI=1S/C17H18O4/c1-17(2)20-15(12-16(18)21-17)7-5-4-6-13-8-10-14(19-3)11-9-13/h8-12H,5,7H2,1-3H3. The molecule has 0 N–H and O–H groups in total. The number of esters is 1. The van der Waals surface area contributed by atoms with Crippen LogP contribution in [0, 0.1) is 11.8 Å². The minimum absolute atomic E-state index is 0.371. The SMILES string of the molecule is COc1ccc(C#CCCC2=CC(=O)OC(C)(C)O2)cc1. The molecule has 0 aliphatic carbocycles. The molecule has 0 aromatic heterocycles. The van der Waals surface area contributed by atoms with Crippen LogP contribution in [-0.4, -0.2) is 18.9 Å². The lowest BCUT2D eigenvalue weighted by molar-refractivity contribution is -0.205. The van der Waals surface area contributed by atoms with Crippen molar-refractivity contribution in [3.05, 3.63) is 41.7 Å². The van der Waals surface area contributed by atoms with E-state index in [1.807, 2.05) is 24.3 Å². The summed E-state index contributed by atoms with van der Waals surface area (Å²) in [5, 5.41) is 0. The molecular formula is C17H18O4. The van der Waals surface area contributed by atoms with Gasteiger partial charge in [0.05, 0.1) is 13.2 Å². The van der Waals surface area contributed by atoms with E-state index < -0.39 is 5.79 Å². The average Bonchev–Trinajstić information content (AvgIpc) is 2.42. The maximum atomic E-state index is 11.4. The molecule has 1 heterocycles. The predicted octanol–water partition coefficient (Wildman–Crippen LogP) is 3.02. The molecule has 0 unspecified atom stereocenters. The molecule has 0 amide bonds. The molecule has 0 saturated carbocycles. The van der Waals surface area contributed by atoms with Gasteiger partial charge in [-0.3, -0.25) is 0 Å². The lowest BCUT2D eigenvalue weighted by Crippen LogP contribution is -2.34. The van der Waals surface area contributed by atoms with E-state index in [1.165, 1.54) is 6.08 Å². The van der Waals surface area contributed by atoms with Crippen LogP contribution in [0.15, 0.2) is 36.1 Å². The van der Waals surface area contributed by atoms with Crippen LogP contribution in [0.5, 0.6) is 5.75 Å². The summed E-state index contributed by atoms with van der Waals surface area (Å²) < 4.78 is 15.7. The summed E-state index contributed by atoms with van der Waals surface area (Å²) in [5.74, 6) is 6.28. The normalized spacial score (nSPS) is 16.0. The van der Waals surface area contributed by atoms with Crippen LogP contribution in [0.25, 0.3) is 0 Å². The van der Waals surface area contributed by atoms with Crippen molar-refractivity contribution in [2.75, 3.05) is 7.11 Å². The summed E-state index contributed by atoms with van der Waals surface area (Å²) in [4.78, 5) is 11.4. The molecule has 0 radical (unpaired) electrons. The van der Waals surface area contributed by atoms with Crippen molar-refractivity contribution in [3.8, 4) is 17.6 Å². The fraction of sp³-hybridized carbons (Fsp3) is 0.353. The van der Waals surface area contributed by atoms with Crippen molar-refractivity contribution < 1.29 is 19.0 Å². The summed E-state index contributed by atoms with van der Waals surface area (Å²) in [6.07, 6.45) is 2.57. The second kappa shape index (κ2) is 6.36. The third kappa shape index (κ3) is 4.57. The maximum absolute atomic E-state index is 11.4. The quantitative estimate of drug-likeness (QED) is 0.633. The van der Waals surface area contributed by atoms with Crippen molar-refractivity contribution in [1.82, 2.24) is 0 Å². The molecule has 1 aromatic rings. The van der Waals surface area contributed by atoms with Crippen molar-refractivity contribution in [2.24, 2.45) is 0 Å². The molecule has 0 atom stereocenters. The summed E-state index contributed by atoms with van der Waals surface area (Å²) in [6.45, 7) is 3.42. The second-order valence-electron chi connectivity index (χ2n) is 5.06. The molecule has 0 bridgehead atoms. The van der Waals surface area contributed by atoms with Gasteiger partial charge in [0.1, 0.15) is 11.5 Å². The Bertz CT molecular complexity index is 600. The number of cyclic esters (lactones) is 1. The molecule has 1 aliphatic heterocycles. The van der Waals surface area contributed by atoms with E-state index in [0.717, 1.165) is 11.3 Å². The summed E-state index contributed by atoms with van der Waals surface area (Å²) >= 11 is 0. The third-order valence-corrected chi connectivity index (χ3v) is 2.82. The number of carbonyl (C=O) groups is 1. The number of ether oxygens (including phenoxy) is 3. The number of hydrogen-bond acceptors (Lipinski definition) is 4. The van der Waals surface area contributed by atoms with E-state index in [1.54, 1.807) is 21.0 Å². The highest BCUT2D eigenvalue weighted by molar-refractivity contribution is 5.83. The van der Waals surface area contributed by atoms with E-state index in [9.17, 15) is 4.79 Å². The highest BCUT2D eigenvalue weighted by Crippen LogP contribution is 2.24. The van der Waals surface area contributed by atoms with Gasteiger partial charge in [-0.25, -0.2) is 4.79 Å². The Balaban J connectivity index is 1.89. The monoisotopic (exact) mass is 286 g/mol. The van der Waals surface area contributed by atoms with E-state index in [2.05, 4.69) is 11.8 Å². The zero-order valence-electron chi connectivity index (χ0n) is 12.4. The highest BCUT2D eigenvalue weighted by Gasteiger charge is 2.29. The Morgan fingerprint density at radius 3 is 2.52 bits per heavy atom. The van der Waals surface area contributed by atoms with Gasteiger partial charge >= 0.3 is 5.97 Å². The highest BCUT2D eigenvalue weighted by atomic mass is 16.7. The van der Waals surface area contributed by atoms with E-state index >= 15 is 0 Å². The predicted molar refractivity (Wildman–Crippen MR) is 78.4 cm³/mol. The second-order valence-corrected chi connectivity index (χ2v) is 5.06. The maximum Gasteiger partial charge on any atom is 0.337 e. The molecule has 0 saturated heterocycles. The Hall–Kier alpha value is -2.41. The largest absolute Gasteiger partial charge is 0.497 e. The molecule has 0 spiro atoms. The van der Waals surface area contributed by atoms with Gasteiger partial charge in [-0.05, 0) is 24.3 Å². The van der Waals surface area contributed by atoms with Gasteiger partial charge in [0, 0.05) is 32.3 Å². The van der Waals surface area contributed by atoms with Crippen LogP contribution >= 0.6 is 0 Å². The van der Waals surface area contributed by atoms with Crippen LogP contribution in [0.1, 0.15) is 32.3 Å². The number of methoxy groups -OCH3 is 1. The molecule has 0 fully saturated rings. The molecule has 21 heavy (non-hydrogen) atoms. The van der Waals surface area contributed by atoms with Gasteiger partial charge in [0.15, 0.2) is 0 Å². The summed E-state index contributed by atoms with van der Waals surface area (Å²) in [6, 6.07) is 7.55. The Kier molecular flexibility index (Phi) is 4.54. The first-order chi connectivity index (χ1) is 9.98. The molecular weight excluding hydrogens is 268 g/mol. The lowest BCUT2D eigenvalue weighted by Gasteiger charge is -2.30. The first-order valence-electron chi connectivity index (χ1n) is 6.74. The molecule has 4 nitrogen and oxygen atoms in total. The number of allylic oxidation sites excluding steroid dienone is 1. The molecule has 1 aromatic carbocycles. The van der Waals surface area contributed by atoms with Gasteiger partial charge in [0.2, 0.25) is 5.79 Å². The van der Waals surface area contributed by atoms with Crippen molar-refractivity contribution in [2.45, 2.75) is 32.5 Å². The van der Waals surface area contributed by atoms with Crippen LogP contribution in [0.2, 0.25) is 0 Å². The fourth-order valence-electron chi connectivity index (χ4n) is 1.92. The minimum Gasteiger partial charge on any atom is -0.497 e. The van der Waals surface area contributed by atoms with Crippen molar-refractivity contribution in [3.63, 3.8) is 0 Å². The smallest absolute Gasteiger partial charge is 0.337 e. The van der Waals surface area contributed by atoms with Crippen LogP contribution < -0.4 is 4.74 Å². The van der Waals surface area contributed by atoms with Crippen LogP contribution in [0.4, 0.5) is 0 Å².